The fraction of sp³-hybridized carbons (Fsp3) is 0.538. The molecular weight excluding hydrogens is 260 g/mol. The average Bonchev–Trinajstić information content (AvgIpc) is 2.41. The summed E-state index contributed by atoms with van der Waals surface area (Å²) in [5.74, 6) is 0.286. The Kier molecular flexibility index (Phi) is 4.09. The maximum Gasteiger partial charge on any atom is 0.255 e. The fourth-order valence-corrected chi connectivity index (χ4v) is 2.54. The minimum Gasteiger partial charge on any atom is -0.393 e. The Labute approximate surface area is 118 Å². The topological polar surface area (TPSA) is 72.1 Å². The van der Waals surface area contributed by atoms with Crippen LogP contribution in [0.15, 0.2) is 6.07 Å². The van der Waals surface area contributed by atoms with Crippen LogP contribution < -0.4 is 5.73 Å². The van der Waals surface area contributed by atoms with Gasteiger partial charge in [-0.05, 0) is 32.8 Å². The first-order chi connectivity index (χ1) is 8.99. The molecule has 0 saturated carbocycles. The highest BCUT2D eigenvalue weighted by Crippen LogP contribution is 2.20. The van der Waals surface area contributed by atoms with Crippen LogP contribution in [-0.2, 0) is 0 Å². The molecule has 0 bridgehead atoms. The number of carbonyl (C=O) groups is 1. The van der Waals surface area contributed by atoms with E-state index in [2.05, 4.69) is 10.2 Å². The van der Waals surface area contributed by atoms with Crippen molar-refractivity contribution in [2.45, 2.75) is 26.7 Å². The van der Waals surface area contributed by atoms with Crippen molar-refractivity contribution in [1.82, 2.24) is 15.1 Å². The Hall–Kier alpha value is -1.56. The van der Waals surface area contributed by atoms with Gasteiger partial charge in [0.15, 0.2) is 0 Å². The quantitative estimate of drug-likeness (QED) is 0.824. The van der Waals surface area contributed by atoms with E-state index in [9.17, 15) is 4.79 Å². The third-order valence-corrected chi connectivity index (χ3v) is 3.85. The highest BCUT2D eigenvalue weighted by Gasteiger charge is 2.26. The molecule has 1 aromatic heterocycles. The van der Waals surface area contributed by atoms with E-state index in [1.165, 1.54) is 0 Å². The molecule has 2 heterocycles. The van der Waals surface area contributed by atoms with Gasteiger partial charge in [0.25, 0.3) is 5.91 Å². The first-order valence-corrected chi connectivity index (χ1v) is 6.79. The van der Waals surface area contributed by atoms with Crippen LogP contribution in [0.4, 0.5) is 0 Å². The van der Waals surface area contributed by atoms with Crippen LogP contribution in [0.5, 0.6) is 0 Å². The Morgan fingerprint density at radius 1 is 1.37 bits per heavy atom. The number of nitrogens with zero attached hydrogens (tertiary/aromatic N) is 3. The zero-order valence-electron chi connectivity index (χ0n) is 11.2. The van der Waals surface area contributed by atoms with Crippen LogP contribution >= 0.6 is 12.2 Å². The van der Waals surface area contributed by atoms with E-state index in [0.717, 1.165) is 18.5 Å². The minimum atomic E-state index is 0.0249. The highest BCUT2D eigenvalue weighted by molar-refractivity contribution is 7.80. The van der Waals surface area contributed by atoms with Gasteiger partial charge in [-0.3, -0.25) is 4.79 Å². The van der Waals surface area contributed by atoms with Crippen molar-refractivity contribution in [1.29, 1.82) is 0 Å². The molecule has 1 amide bonds. The van der Waals surface area contributed by atoms with E-state index >= 15 is 0 Å². The van der Waals surface area contributed by atoms with Crippen molar-refractivity contribution in [3.8, 4) is 0 Å². The smallest absolute Gasteiger partial charge is 0.255 e. The first-order valence-electron chi connectivity index (χ1n) is 6.38. The molecular formula is C13H18N4OS. The fourth-order valence-electron chi connectivity index (χ4n) is 2.30. The lowest BCUT2D eigenvalue weighted by molar-refractivity contribution is 0.0708. The zero-order chi connectivity index (χ0) is 14.0. The van der Waals surface area contributed by atoms with Gasteiger partial charge in [0, 0.05) is 19.0 Å². The van der Waals surface area contributed by atoms with Crippen LogP contribution in [0.2, 0.25) is 0 Å². The summed E-state index contributed by atoms with van der Waals surface area (Å²) in [4.78, 5) is 14.8. The van der Waals surface area contributed by atoms with Crippen LogP contribution in [0, 0.1) is 19.8 Å². The summed E-state index contributed by atoms with van der Waals surface area (Å²) in [5.41, 5.74) is 7.72. The number of carbonyl (C=O) groups excluding carboxylic acids is 1. The average molecular weight is 278 g/mol. The Morgan fingerprint density at radius 2 is 2.00 bits per heavy atom. The van der Waals surface area contributed by atoms with Crippen LogP contribution in [0.25, 0.3) is 0 Å². The highest BCUT2D eigenvalue weighted by atomic mass is 32.1. The molecule has 0 unspecified atom stereocenters. The molecule has 0 radical (unpaired) electrons. The predicted octanol–water partition coefficient (Wildman–Crippen LogP) is 1.23. The number of hydrogen-bond donors (Lipinski definition) is 1. The molecule has 5 nitrogen and oxygen atoms in total. The molecule has 0 aromatic carbocycles. The van der Waals surface area contributed by atoms with Gasteiger partial charge >= 0.3 is 0 Å². The van der Waals surface area contributed by atoms with Gasteiger partial charge in [0.2, 0.25) is 0 Å². The molecule has 1 aliphatic heterocycles. The molecule has 0 atom stereocenters. The Bertz CT molecular complexity index is 509. The molecule has 19 heavy (non-hydrogen) atoms. The van der Waals surface area contributed by atoms with Crippen LogP contribution in [0.3, 0.4) is 0 Å². The lowest BCUT2D eigenvalue weighted by Crippen LogP contribution is -2.41. The second-order valence-electron chi connectivity index (χ2n) is 4.95. The number of hydrogen-bond acceptors (Lipinski definition) is 4. The number of piperidine rings is 1. The number of thiocarbonyl (C=S) groups is 1. The molecule has 0 aliphatic carbocycles. The lowest BCUT2D eigenvalue weighted by Gasteiger charge is -2.31. The van der Waals surface area contributed by atoms with E-state index in [1.807, 2.05) is 11.8 Å². The molecule has 0 spiro atoms. The summed E-state index contributed by atoms with van der Waals surface area (Å²) in [7, 11) is 0. The van der Waals surface area contributed by atoms with Crippen molar-refractivity contribution in [2.75, 3.05) is 13.1 Å². The maximum absolute atomic E-state index is 12.4. The molecule has 6 heteroatoms. The zero-order valence-corrected chi connectivity index (χ0v) is 12.0. The van der Waals surface area contributed by atoms with E-state index in [-0.39, 0.29) is 11.8 Å². The van der Waals surface area contributed by atoms with Gasteiger partial charge in [-0.25, -0.2) is 0 Å². The Morgan fingerprint density at radius 3 is 2.58 bits per heavy atom. The van der Waals surface area contributed by atoms with Crippen molar-refractivity contribution in [3.63, 3.8) is 0 Å². The summed E-state index contributed by atoms with van der Waals surface area (Å²) in [6, 6.07) is 1.80. The predicted molar refractivity (Wildman–Crippen MR) is 76.9 cm³/mol. The van der Waals surface area contributed by atoms with Gasteiger partial charge in [-0.1, -0.05) is 12.2 Å². The summed E-state index contributed by atoms with van der Waals surface area (Å²) >= 11 is 5.01. The standard InChI is InChI=1S/C13H18N4OS/c1-8-7-11(9(2)16-15-8)13(18)17-5-3-10(4-6-17)12(14)19/h7,10H,3-6H2,1-2H3,(H2,14,19). The van der Waals surface area contributed by atoms with Gasteiger partial charge in [-0.2, -0.15) is 10.2 Å². The third-order valence-electron chi connectivity index (χ3n) is 3.52. The molecule has 1 saturated heterocycles. The summed E-state index contributed by atoms with van der Waals surface area (Å²) in [6.45, 7) is 5.03. The van der Waals surface area contributed by atoms with E-state index in [0.29, 0.717) is 29.3 Å². The number of rotatable bonds is 2. The van der Waals surface area contributed by atoms with Crippen molar-refractivity contribution < 1.29 is 4.79 Å². The number of nitrogens with two attached hydrogens (primary N) is 1. The van der Waals surface area contributed by atoms with Crippen molar-refractivity contribution in [3.05, 3.63) is 23.0 Å². The number of aryl methyl sites for hydroxylation is 2. The number of aromatic nitrogens is 2. The van der Waals surface area contributed by atoms with Gasteiger partial charge in [0.1, 0.15) is 0 Å². The second kappa shape index (κ2) is 5.61. The second-order valence-corrected chi connectivity index (χ2v) is 5.43. The minimum absolute atomic E-state index is 0.0249. The summed E-state index contributed by atoms with van der Waals surface area (Å²) in [5, 5.41) is 7.95. The largest absolute Gasteiger partial charge is 0.393 e. The molecule has 102 valence electrons. The van der Waals surface area contributed by atoms with E-state index in [4.69, 9.17) is 18.0 Å². The normalized spacial score (nSPS) is 16.4. The third kappa shape index (κ3) is 3.07. The summed E-state index contributed by atoms with van der Waals surface area (Å²) < 4.78 is 0. The Balaban J connectivity index is 2.09. The van der Waals surface area contributed by atoms with Gasteiger partial charge in [0.05, 0.1) is 21.9 Å². The van der Waals surface area contributed by atoms with Crippen molar-refractivity contribution >= 4 is 23.1 Å². The van der Waals surface area contributed by atoms with Gasteiger partial charge in [-0.15, -0.1) is 0 Å². The molecule has 2 N–H and O–H groups in total. The van der Waals surface area contributed by atoms with Crippen molar-refractivity contribution in [2.24, 2.45) is 11.7 Å². The van der Waals surface area contributed by atoms with E-state index < -0.39 is 0 Å². The first kappa shape index (κ1) is 13.9. The molecule has 1 aliphatic rings. The monoisotopic (exact) mass is 278 g/mol. The van der Waals surface area contributed by atoms with Gasteiger partial charge < -0.3 is 10.6 Å². The molecule has 1 fully saturated rings. The number of likely N-dealkylation sites (tertiary alicyclic amines) is 1. The van der Waals surface area contributed by atoms with E-state index in [1.54, 1.807) is 13.0 Å². The lowest BCUT2D eigenvalue weighted by atomic mass is 9.96. The number of amides is 1. The SMILES string of the molecule is Cc1cc(C(=O)N2CCC(C(N)=S)CC2)c(C)nn1. The van der Waals surface area contributed by atoms with Crippen LogP contribution in [0.1, 0.15) is 34.6 Å². The molecule has 1 aromatic rings. The van der Waals surface area contributed by atoms with Crippen LogP contribution in [-0.4, -0.2) is 39.1 Å². The summed E-state index contributed by atoms with van der Waals surface area (Å²) in [6.07, 6.45) is 1.69. The maximum atomic E-state index is 12.4. The molecule has 2 rings (SSSR count).